The van der Waals surface area contributed by atoms with E-state index in [1.165, 1.54) is 99.7 Å². The van der Waals surface area contributed by atoms with Crippen LogP contribution < -0.4 is 9.80 Å². The van der Waals surface area contributed by atoms with E-state index in [0.29, 0.717) is 0 Å². The van der Waals surface area contributed by atoms with Gasteiger partial charge in [0.15, 0.2) is 0 Å². The van der Waals surface area contributed by atoms with Gasteiger partial charge in [-0.15, -0.1) is 0 Å². The monoisotopic (exact) mass is 800 g/mol. The molecule has 0 amide bonds. The van der Waals surface area contributed by atoms with Crippen molar-refractivity contribution >= 4 is 55.7 Å². The van der Waals surface area contributed by atoms with Crippen molar-refractivity contribution in [1.29, 1.82) is 0 Å². The molecular formula is C60H52N2. The van der Waals surface area contributed by atoms with E-state index in [2.05, 4.69) is 235 Å². The molecule has 0 saturated carbocycles. The molecule has 2 nitrogen and oxygen atoms in total. The molecule has 0 saturated heterocycles. The molecule has 0 fully saturated rings. The Labute approximate surface area is 366 Å². The standard InChI is InChI=1S/C60H52N2/c1-37-17-25-41(26-18-37)61(42-27-19-38(2)20-28-42)55-35-51-49-33-54-50(34-53(49)59(5,6)57(51)47-15-11-9-13-45(47)55)52-36-56(46-14-10-12-16-48(46)58(52)60(54,7)8)62(43-29-21-39(3)22-30-43)44-31-23-40(4)24-32-44/h9-36H,1-8H3. The molecule has 62 heavy (non-hydrogen) atoms. The smallest absolute Gasteiger partial charge is 0.0546 e. The van der Waals surface area contributed by atoms with Gasteiger partial charge in [-0.25, -0.2) is 0 Å². The second-order valence-electron chi connectivity index (χ2n) is 18.9. The van der Waals surface area contributed by atoms with Crippen LogP contribution in [0.15, 0.2) is 170 Å². The minimum Gasteiger partial charge on any atom is -0.310 e. The number of aryl methyl sites for hydroxylation is 4. The normalized spacial score (nSPS) is 14.1. The van der Waals surface area contributed by atoms with E-state index in [4.69, 9.17) is 0 Å². The first kappa shape index (κ1) is 38.1. The molecule has 9 aromatic carbocycles. The molecule has 302 valence electrons. The first-order chi connectivity index (χ1) is 29.9. The van der Waals surface area contributed by atoms with Crippen molar-refractivity contribution in [1.82, 2.24) is 0 Å². The second kappa shape index (κ2) is 13.8. The third-order valence-electron chi connectivity index (χ3n) is 14.0. The van der Waals surface area contributed by atoms with Gasteiger partial charge in [0.1, 0.15) is 0 Å². The maximum Gasteiger partial charge on any atom is 0.0546 e. The van der Waals surface area contributed by atoms with Crippen molar-refractivity contribution in [2.75, 3.05) is 9.80 Å². The summed E-state index contributed by atoms with van der Waals surface area (Å²) in [6.45, 7) is 18.4. The Morgan fingerprint density at radius 3 is 0.871 bits per heavy atom. The van der Waals surface area contributed by atoms with Gasteiger partial charge in [0.05, 0.1) is 11.4 Å². The number of nitrogens with zero attached hydrogens (tertiary/aromatic N) is 2. The summed E-state index contributed by atoms with van der Waals surface area (Å²) in [6, 6.07) is 64.2. The van der Waals surface area contributed by atoms with Crippen molar-refractivity contribution in [2.24, 2.45) is 0 Å². The molecule has 0 spiro atoms. The summed E-state index contributed by atoms with van der Waals surface area (Å²) in [5, 5.41) is 5.14. The van der Waals surface area contributed by atoms with Crippen LogP contribution in [0, 0.1) is 27.7 Å². The lowest BCUT2D eigenvalue weighted by Gasteiger charge is -2.30. The Morgan fingerprint density at radius 1 is 0.306 bits per heavy atom. The zero-order valence-corrected chi connectivity index (χ0v) is 37.1. The molecule has 0 atom stereocenters. The van der Waals surface area contributed by atoms with Gasteiger partial charge >= 0.3 is 0 Å². The number of benzene rings is 9. The van der Waals surface area contributed by atoms with Crippen LogP contribution >= 0.6 is 0 Å². The Hall–Kier alpha value is -6.90. The molecule has 2 aliphatic rings. The van der Waals surface area contributed by atoms with Crippen LogP contribution in [0.1, 0.15) is 72.2 Å². The van der Waals surface area contributed by atoms with E-state index in [0.717, 1.165) is 22.7 Å². The van der Waals surface area contributed by atoms with E-state index < -0.39 is 0 Å². The zero-order chi connectivity index (χ0) is 42.7. The number of rotatable bonds is 6. The van der Waals surface area contributed by atoms with Crippen molar-refractivity contribution in [2.45, 2.75) is 66.2 Å². The summed E-state index contributed by atoms with van der Waals surface area (Å²) in [5.74, 6) is 0. The van der Waals surface area contributed by atoms with Gasteiger partial charge in [-0.05, 0) is 156 Å². The third kappa shape index (κ3) is 5.69. The lowest BCUT2D eigenvalue weighted by Crippen LogP contribution is -2.18. The first-order valence-corrected chi connectivity index (χ1v) is 22.1. The molecule has 0 heterocycles. The molecular weight excluding hydrogens is 749 g/mol. The van der Waals surface area contributed by atoms with Crippen LogP contribution in [0.3, 0.4) is 0 Å². The highest BCUT2D eigenvalue weighted by Gasteiger charge is 2.44. The average Bonchev–Trinajstić information content (AvgIpc) is 3.64. The van der Waals surface area contributed by atoms with Crippen molar-refractivity contribution in [3.8, 4) is 22.3 Å². The molecule has 9 aromatic rings. The minimum absolute atomic E-state index is 0.237. The maximum absolute atomic E-state index is 2.57. The third-order valence-corrected chi connectivity index (χ3v) is 14.0. The topological polar surface area (TPSA) is 6.48 Å². The lowest BCUT2D eigenvalue weighted by molar-refractivity contribution is 0.657. The molecule has 0 radical (unpaired) electrons. The van der Waals surface area contributed by atoms with Crippen LogP contribution in [0.4, 0.5) is 34.1 Å². The van der Waals surface area contributed by atoms with Crippen molar-refractivity contribution in [3.05, 3.63) is 214 Å². The van der Waals surface area contributed by atoms with Gasteiger partial charge in [0, 0.05) is 44.4 Å². The highest BCUT2D eigenvalue weighted by molar-refractivity contribution is 6.10. The molecule has 0 N–H and O–H groups in total. The molecule has 0 bridgehead atoms. The van der Waals surface area contributed by atoms with Gasteiger partial charge in [-0.2, -0.15) is 0 Å². The van der Waals surface area contributed by atoms with Crippen molar-refractivity contribution < 1.29 is 0 Å². The van der Waals surface area contributed by atoms with Crippen LogP contribution in [0.2, 0.25) is 0 Å². The molecule has 0 aromatic heterocycles. The number of hydrogen-bond donors (Lipinski definition) is 0. The quantitative estimate of drug-likeness (QED) is 0.165. The molecule has 2 heteroatoms. The zero-order valence-electron chi connectivity index (χ0n) is 37.1. The van der Waals surface area contributed by atoms with Crippen LogP contribution in [-0.2, 0) is 10.8 Å². The molecule has 11 rings (SSSR count). The second-order valence-corrected chi connectivity index (χ2v) is 18.9. The number of anilines is 6. The Kier molecular flexibility index (Phi) is 8.48. The lowest BCUT2D eigenvalue weighted by atomic mass is 9.78. The van der Waals surface area contributed by atoms with E-state index in [1.54, 1.807) is 0 Å². The summed E-state index contributed by atoms with van der Waals surface area (Å²) >= 11 is 0. The molecule has 0 aliphatic heterocycles. The molecule has 0 unspecified atom stereocenters. The molecule has 2 aliphatic carbocycles. The van der Waals surface area contributed by atoms with E-state index >= 15 is 0 Å². The van der Waals surface area contributed by atoms with Crippen molar-refractivity contribution in [3.63, 3.8) is 0 Å². The summed E-state index contributed by atoms with van der Waals surface area (Å²) in [6.07, 6.45) is 0. The Balaban J connectivity index is 1.16. The van der Waals surface area contributed by atoms with E-state index in [1.807, 2.05) is 0 Å². The van der Waals surface area contributed by atoms with Gasteiger partial charge < -0.3 is 9.80 Å². The predicted octanol–water partition coefficient (Wildman–Crippen LogP) is 16.8. The van der Waals surface area contributed by atoms with Gasteiger partial charge in [-0.1, -0.05) is 147 Å². The van der Waals surface area contributed by atoms with E-state index in [9.17, 15) is 0 Å². The van der Waals surface area contributed by atoms with Crippen LogP contribution in [0.25, 0.3) is 43.8 Å². The largest absolute Gasteiger partial charge is 0.310 e. The fraction of sp³-hybridized carbons (Fsp3) is 0.167. The van der Waals surface area contributed by atoms with Gasteiger partial charge in [0.2, 0.25) is 0 Å². The fourth-order valence-corrected chi connectivity index (χ4v) is 10.8. The summed E-state index contributed by atoms with van der Waals surface area (Å²) in [4.78, 5) is 4.92. The summed E-state index contributed by atoms with van der Waals surface area (Å²) in [5.41, 5.74) is 22.5. The highest BCUT2D eigenvalue weighted by Crippen LogP contribution is 2.60. The predicted molar refractivity (Wildman–Crippen MR) is 265 cm³/mol. The van der Waals surface area contributed by atoms with Crippen LogP contribution in [0.5, 0.6) is 0 Å². The average molecular weight is 801 g/mol. The fourth-order valence-electron chi connectivity index (χ4n) is 10.8. The summed E-state index contributed by atoms with van der Waals surface area (Å²) < 4.78 is 0. The highest BCUT2D eigenvalue weighted by atomic mass is 15.1. The van der Waals surface area contributed by atoms with Crippen LogP contribution in [-0.4, -0.2) is 0 Å². The van der Waals surface area contributed by atoms with E-state index in [-0.39, 0.29) is 10.8 Å². The Morgan fingerprint density at radius 2 is 0.581 bits per heavy atom. The minimum atomic E-state index is -0.237. The number of hydrogen-bond acceptors (Lipinski definition) is 2. The maximum atomic E-state index is 2.57. The van der Waals surface area contributed by atoms with Gasteiger partial charge in [-0.3, -0.25) is 0 Å². The number of fused-ring (bicyclic) bond motifs is 10. The Bertz CT molecular complexity index is 2930. The summed E-state index contributed by atoms with van der Waals surface area (Å²) in [7, 11) is 0. The SMILES string of the molecule is Cc1ccc(N(c2ccc(C)cc2)c2cc3c(c4ccccc24)C(C)(C)c2cc4c(cc2-3)C(C)(C)c2c-4cc(N(c3ccc(C)cc3)c3ccc(C)cc3)c3ccccc23)cc1. The van der Waals surface area contributed by atoms with Gasteiger partial charge in [0.25, 0.3) is 0 Å². The first-order valence-electron chi connectivity index (χ1n) is 22.1.